The molecule has 0 atom stereocenters. The smallest absolute Gasteiger partial charge is 0.252 e. The number of nitrogens with zero attached hydrogens (tertiary/aromatic N) is 2. The first-order chi connectivity index (χ1) is 32.9. The van der Waals surface area contributed by atoms with Crippen molar-refractivity contribution in [3.63, 3.8) is 0 Å². The van der Waals surface area contributed by atoms with Crippen molar-refractivity contribution in [2.75, 3.05) is 9.80 Å². The van der Waals surface area contributed by atoms with Crippen molar-refractivity contribution in [3.05, 3.63) is 199 Å². The second kappa shape index (κ2) is 15.0. The molecule has 0 fully saturated rings. The molecule has 13 rings (SSSR count). The SMILES string of the molecule is Cc1cc2c3c(c1)N(c1cccc(-c4cccc5c4sc4ccccc45)c1)c1ccc(C(C)(C)C)cc1B3c1cc(C(C)(C)C)ccc1N2c1cccc(-c2ccc3c(c2)sc2ccccc23)c1. The van der Waals surface area contributed by atoms with Gasteiger partial charge in [0.25, 0.3) is 6.71 Å². The summed E-state index contributed by atoms with van der Waals surface area (Å²) in [6, 6.07) is 69.5. The van der Waals surface area contributed by atoms with Crippen LogP contribution in [0.15, 0.2) is 182 Å². The van der Waals surface area contributed by atoms with Gasteiger partial charge in [0, 0.05) is 74.5 Å². The summed E-state index contributed by atoms with van der Waals surface area (Å²) in [5.41, 5.74) is 20.1. The molecule has 4 heterocycles. The molecule has 2 aliphatic rings. The summed E-state index contributed by atoms with van der Waals surface area (Å²) in [7, 11) is 0. The zero-order valence-corrected chi connectivity index (χ0v) is 41.2. The number of benzene rings is 9. The molecule has 0 radical (unpaired) electrons. The lowest BCUT2D eigenvalue weighted by molar-refractivity contribution is 0.590. The van der Waals surface area contributed by atoms with E-state index in [-0.39, 0.29) is 17.5 Å². The van der Waals surface area contributed by atoms with E-state index in [1.165, 1.54) is 118 Å². The van der Waals surface area contributed by atoms with E-state index >= 15 is 0 Å². The molecule has 0 bridgehead atoms. The third-order valence-corrected chi connectivity index (χ3v) is 16.9. The highest BCUT2D eigenvalue weighted by molar-refractivity contribution is 7.26. The number of hydrogen-bond acceptors (Lipinski definition) is 4. The van der Waals surface area contributed by atoms with Gasteiger partial charge in [0.2, 0.25) is 0 Å². The number of hydrogen-bond donors (Lipinski definition) is 0. The van der Waals surface area contributed by atoms with Gasteiger partial charge in [-0.15, -0.1) is 22.7 Å². The Morgan fingerprint density at radius 2 is 0.912 bits per heavy atom. The Morgan fingerprint density at radius 1 is 0.397 bits per heavy atom. The molecule has 2 aliphatic heterocycles. The summed E-state index contributed by atoms with van der Waals surface area (Å²) in [5, 5.41) is 5.30. The van der Waals surface area contributed by atoms with E-state index in [0.29, 0.717) is 0 Å². The molecule has 0 saturated carbocycles. The van der Waals surface area contributed by atoms with Crippen LogP contribution in [0.2, 0.25) is 0 Å². The zero-order valence-electron chi connectivity index (χ0n) is 39.6. The molecule has 9 aromatic carbocycles. The van der Waals surface area contributed by atoms with Crippen molar-refractivity contribution in [2.45, 2.75) is 59.3 Å². The molecular formula is C63H51BN2S2. The second-order valence-electron chi connectivity index (χ2n) is 21.1. The van der Waals surface area contributed by atoms with Crippen LogP contribution in [-0.2, 0) is 10.8 Å². The number of thiophene rings is 2. The highest BCUT2D eigenvalue weighted by Gasteiger charge is 2.44. The normalized spacial score (nSPS) is 13.4. The minimum Gasteiger partial charge on any atom is -0.311 e. The molecule has 0 amide bonds. The van der Waals surface area contributed by atoms with Crippen LogP contribution in [0.5, 0.6) is 0 Å². The number of aryl methyl sites for hydroxylation is 1. The maximum absolute atomic E-state index is 2.58. The molecule has 2 aromatic heterocycles. The summed E-state index contributed by atoms with van der Waals surface area (Å²) in [6.45, 7) is 16.4. The molecular weight excluding hydrogens is 860 g/mol. The van der Waals surface area contributed by atoms with E-state index in [9.17, 15) is 0 Å². The third-order valence-electron chi connectivity index (χ3n) is 14.6. The van der Waals surface area contributed by atoms with Crippen LogP contribution in [0.4, 0.5) is 34.1 Å². The molecule has 11 aromatic rings. The van der Waals surface area contributed by atoms with Gasteiger partial charge in [-0.25, -0.2) is 0 Å². The number of fused-ring (bicyclic) bond motifs is 10. The van der Waals surface area contributed by atoms with Gasteiger partial charge in [-0.2, -0.15) is 0 Å². The van der Waals surface area contributed by atoms with Gasteiger partial charge in [0.15, 0.2) is 0 Å². The van der Waals surface area contributed by atoms with E-state index in [1.54, 1.807) is 0 Å². The zero-order chi connectivity index (χ0) is 46.2. The van der Waals surface area contributed by atoms with Crippen LogP contribution in [0.25, 0.3) is 62.6 Å². The van der Waals surface area contributed by atoms with Crippen LogP contribution >= 0.6 is 22.7 Å². The van der Waals surface area contributed by atoms with E-state index in [2.05, 4.69) is 240 Å². The summed E-state index contributed by atoms with van der Waals surface area (Å²) in [5.74, 6) is 0. The van der Waals surface area contributed by atoms with Crippen molar-refractivity contribution < 1.29 is 0 Å². The molecule has 328 valence electrons. The quantitative estimate of drug-likeness (QED) is 0.162. The van der Waals surface area contributed by atoms with Gasteiger partial charge in [-0.05, 0) is 140 Å². The van der Waals surface area contributed by atoms with Crippen molar-refractivity contribution in [3.8, 4) is 22.3 Å². The lowest BCUT2D eigenvalue weighted by atomic mass is 9.33. The second-order valence-corrected chi connectivity index (χ2v) is 23.2. The van der Waals surface area contributed by atoms with Crippen molar-refractivity contribution >= 4 is 120 Å². The van der Waals surface area contributed by atoms with Crippen LogP contribution in [0, 0.1) is 6.92 Å². The number of rotatable bonds is 4. The van der Waals surface area contributed by atoms with Crippen molar-refractivity contribution in [1.82, 2.24) is 0 Å². The van der Waals surface area contributed by atoms with Crippen LogP contribution < -0.4 is 26.2 Å². The highest BCUT2D eigenvalue weighted by atomic mass is 32.1. The van der Waals surface area contributed by atoms with Gasteiger partial charge in [-0.3, -0.25) is 0 Å². The Bertz CT molecular complexity index is 3880. The highest BCUT2D eigenvalue weighted by Crippen LogP contribution is 2.48. The molecule has 0 aliphatic carbocycles. The average molecular weight is 911 g/mol. The lowest BCUT2D eigenvalue weighted by Crippen LogP contribution is -2.61. The van der Waals surface area contributed by atoms with E-state index in [0.717, 1.165) is 11.4 Å². The summed E-state index contributed by atoms with van der Waals surface area (Å²) >= 11 is 3.78. The Hall–Kier alpha value is -6.92. The predicted molar refractivity (Wildman–Crippen MR) is 299 cm³/mol. The molecule has 2 nitrogen and oxygen atoms in total. The fourth-order valence-corrected chi connectivity index (χ4v) is 13.5. The molecule has 0 saturated heterocycles. The van der Waals surface area contributed by atoms with Crippen molar-refractivity contribution in [1.29, 1.82) is 0 Å². The first-order valence-electron chi connectivity index (χ1n) is 23.9. The molecule has 68 heavy (non-hydrogen) atoms. The molecule has 0 spiro atoms. The Kier molecular flexibility index (Phi) is 9.13. The predicted octanol–water partition coefficient (Wildman–Crippen LogP) is 16.7. The van der Waals surface area contributed by atoms with E-state index in [1.807, 2.05) is 22.7 Å². The fourth-order valence-electron chi connectivity index (χ4n) is 11.1. The Balaban J connectivity index is 1.04. The monoisotopic (exact) mass is 910 g/mol. The molecule has 5 heteroatoms. The van der Waals surface area contributed by atoms with Crippen molar-refractivity contribution in [2.24, 2.45) is 0 Å². The summed E-state index contributed by atoms with van der Waals surface area (Å²) in [4.78, 5) is 5.15. The maximum Gasteiger partial charge on any atom is 0.252 e. The van der Waals surface area contributed by atoms with E-state index < -0.39 is 0 Å². The summed E-state index contributed by atoms with van der Waals surface area (Å²) in [6.07, 6.45) is 0. The van der Waals surface area contributed by atoms with Crippen LogP contribution in [0.1, 0.15) is 58.2 Å². The minimum atomic E-state index is -0.0326. The van der Waals surface area contributed by atoms with Crippen LogP contribution in [0.3, 0.4) is 0 Å². The lowest BCUT2D eigenvalue weighted by Gasteiger charge is -2.45. The Morgan fingerprint density at radius 3 is 1.54 bits per heavy atom. The minimum absolute atomic E-state index is 0.0248. The maximum atomic E-state index is 2.58. The summed E-state index contributed by atoms with van der Waals surface area (Å²) < 4.78 is 5.31. The fraction of sp³-hybridized carbons (Fsp3) is 0.143. The largest absolute Gasteiger partial charge is 0.311 e. The number of anilines is 6. The van der Waals surface area contributed by atoms with E-state index in [4.69, 9.17) is 0 Å². The third kappa shape index (κ3) is 6.43. The van der Waals surface area contributed by atoms with Gasteiger partial charge in [0.05, 0.1) is 0 Å². The Labute approximate surface area is 407 Å². The average Bonchev–Trinajstić information content (AvgIpc) is 3.91. The van der Waals surface area contributed by atoms with Gasteiger partial charge >= 0.3 is 0 Å². The first kappa shape index (κ1) is 41.3. The standard InChI is InChI=1S/C63H51BN2S2/c1-38-31-55-60-56(32-38)66(45-18-13-16-41(34-45)46-21-14-22-50-48-20-9-11-24-58(48)68-61(46)50)54-30-27-43(63(5,6)7)37-52(54)64(60)51-36-42(62(2,3)4)26-29-53(51)65(55)44-17-12-15-39(33-44)40-25-28-49-47-19-8-10-23-57(47)67-59(49)35-40/h8-37H,1-7H3. The van der Waals surface area contributed by atoms with Gasteiger partial charge in [-0.1, -0.05) is 157 Å². The van der Waals surface area contributed by atoms with Gasteiger partial charge < -0.3 is 9.80 Å². The first-order valence-corrected chi connectivity index (χ1v) is 25.6. The molecule has 0 N–H and O–H groups in total. The molecule has 0 unspecified atom stereocenters. The van der Waals surface area contributed by atoms with Gasteiger partial charge in [0.1, 0.15) is 0 Å². The topological polar surface area (TPSA) is 6.48 Å². The van der Waals surface area contributed by atoms with Crippen LogP contribution in [-0.4, -0.2) is 6.71 Å².